The fraction of sp³-hybridized carbons (Fsp3) is 0.458. The first-order chi connectivity index (χ1) is 14.3. The summed E-state index contributed by atoms with van der Waals surface area (Å²) in [5.74, 6) is 0. The van der Waals surface area contributed by atoms with Gasteiger partial charge in [0.1, 0.15) is 5.60 Å². The quantitative estimate of drug-likeness (QED) is 0.617. The number of hydrogen-bond donors (Lipinski definition) is 1. The van der Waals surface area contributed by atoms with E-state index in [4.69, 9.17) is 4.74 Å². The number of nitrogens with zero attached hydrogens (tertiary/aromatic N) is 2. The van der Waals surface area contributed by atoms with Crippen molar-refractivity contribution in [2.75, 3.05) is 38.0 Å². The topological polar surface area (TPSA) is 44.8 Å². The van der Waals surface area contributed by atoms with E-state index in [2.05, 4.69) is 53.5 Å². The van der Waals surface area contributed by atoms with Gasteiger partial charge < -0.3 is 15.0 Å². The van der Waals surface area contributed by atoms with Gasteiger partial charge in [-0.1, -0.05) is 30.0 Å². The van der Waals surface area contributed by atoms with Gasteiger partial charge in [-0.25, -0.2) is 4.79 Å². The Hall–Kier alpha value is -2.18. The van der Waals surface area contributed by atoms with Crippen LogP contribution in [0.5, 0.6) is 0 Å². The average Bonchev–Trinajstić information content (AvgIpc) is 2.70. The van der Waals surface area contributed by atoms with Crippen molar-refractivity contribution < 1.29 is 9.53 Å². The number of hydrogen-bond acceptors (Lipinski definition) is 5. The molecule has 0 aromatic heterocycles. The van der Waals surface area contributed by atoms with Crippen LogP contribution in [0.3, 0.4) is 0 Å². The molecule has 160 valence electrons. The second kappa shape index (κ2) is 8.52. The molecule has 2 aliphatic rings. The number of amides is 1. The Morgan fingerprint density at radius 3 is 2.60 bits per heavy atom. The van der Waals surface area contributed by atoms with Gasteiger partial charge in [0.2, 0.25) is 0 Å². The van der Waals surface area contributed by atoms with Crippen molar-refractivity contribution in [3.05, 3.63) is 47.5 Å². The van der Waals surface area contributed by atoms with E-state index in [1.165, 1.54) is 32.3 Å². The minimum absolute atomic E-state index is 0.197. The molecule has 0 aliphatic carbocycles. The lowest BCUT2D eigenvalue weighted by molar-refractivity contribution is 0.0146. The van der Waals surface area contributed by atoms with Gasteiger partial charge in [-0.3, -0.25) is 4.90 Å². The molecule has 30 heavy (non-hydrogen) atoms. The minimum Gasteiger partial charge on any atom is -0.444 e. The summed E-state index contributed by atoms with van der Waals surface area (Å²) in [6, 6.07) is 13.2. The van der Waals surface area contributed by atoms with Gasteiger partial charge >= 0.3 is 6.09 Å². The maximum atomic E-state index is 12.2. The smallest absolute Gasteiger partial charge is 0.410 e. The first-order valence-corrected chi connectivity index (χ1v) is 11.5. The molecule has 0 spiro atoms. The van der Waals surface area contributed by atoms with Crippen LogP contribution in [-0.4, -0.2) is 54.2 Å². The van der Waals surface area contributed by atoms with Crippen LogP contribution in [0.25, 0.3) is 0 Å². The van der Waals surface area contributed by atoms with Crippen molar-refractivity contribution in [2.24, 2.45) is 0 Å². The van der Waals surface area contributed by atoms with Crippen molar-refractivity contribution in [1.82, 2.24) is 9.80 Å². The molecule has 0 bridgehead atoms. The highest BCUT2D eigenvalue weighted by molar-refractivity contribution is 7.99. The van der Waals surface area contributed by atoms with Gasteiger partial charge in [0.15, 0.2) is 0 Å². The highest BCUT2D eigenvalue weighted by Crippen LogP contribution is 2.45. The molecule has 2 aromatic rings. The molecule has 0 radical (unpaired) electrons. The number of carbonyl (C=O) groups is 1. The summed E-state index contributed by atoms with van der Waals surface area (Å²) in [7, 11) is 0. The molecule has 1 fully saturated rings. The predicted octanol–water partition coefficient (Wildman–Crippen LogP) is 5.30. The largest absolute Gasteiger partial charge is 0.444 e. The van der Waals surface area contributed by atoms with E-state index >= 15 is 0 Å². The average molecular weight is 426 g/mol. The molecule has 6 heteroatoms. The molecule has 2 heterocycles. The van der Waals surface area contributed by atoms with Crippen LogP contribution in [0.1, 0.15) is 31.9 Å². The monoisotopic (exact) mass is 425 g/mol. The number of aryl methyl sites for hydroxylation is 1. The van der Waals surface area contributed by atoms with Crippen LogP contribution >= 0.6 is 11.8 Å². The van der Waals surface area contributed by atoms with Crippen LogP contribution in [-0.2, 0) is 11.2 Å². The Morgan fingerprint density at radius 2 is 1.87 bits per heavy atom. The summed E-state index contributed by atoms with van der Waals surface area (Å²) in [5, 5.41) is 3.59. The predicted molar refractivity (Wildman–Crippen MR) is 123 cm³/mol. The summed E-state index contributed by atoms with van der Waals surface area (Å²) in [4.78, 5) is 19.1. The van der Waals surface area contributed by atoms with Crippen molar-refractivity contribution in [3.63, 3.8) is 0 Å². The number of para-hydroxylation sites is 1. The van der Waals surface area contributed by atoms with E-state index in [0.717, 1.165) is 39.1 Å². The number of nitrogens with one attached hydrogen (secondary N) is 1. The molecule has 0 atom stereocenters. The first-order valence-electron chi connectivity index (χ1n) is 10.7. The van der Waals surface area contributed by atoms with Crippen LogP contribution in [0.2, 0.25) is 0 Å². The van der Waals surface area contributed by atoms with Crippen molar-refractivity contribution >= 4 is 29.2 Å². The summed E-state index contributed by atoms with van der Waals surface area (Å²) in [5.41, 5.74) is 4.61. The number of rotatable bonds is 3. The molecular weight excluding hydrogens is 394 g/mol. The Bertz CT molecular complexity index is 931. The number of benzene rings is 2. The normalized spacial score (nSPS) is 16.5. The maximum Gasteiger partial charge on any atom is 0.410 e. The number of anilines is 2. The first kappa shape index (κ1) is 21.1. The third-order valence-electron chi connectivity index (χ3n) is 5.50. The molecule has 2 aliphatic heterocycles. The van der Waals surface area contributed by atoms with Crippen molar-refractivity contribution in [1.29, 1.82) is 0 Å². The van der Waals surface area contributed by atoms with Gasteiger partial charge in [-0.15, -0.1) is 0 Å². The van der Waals surface area contributed by atoms with Gasteiger partial charge in [0.05, 0.1) is 11.4 Å². The minimum atomic E-state index is -0.438. The molecule has 1 saturated heterocycles. The summed E-state index contributed by atoms with van der Waals surface area (Å²) >= 11 is 1.85. The van der Waals surface area contributed by atoms with Crippen LogP contribution in [0.15, 0.2) is 46.2 Å². The zero-order valence-electron chi connectivity index (χ0n) is 18.3. The summed E-state index contributed by atoms with van der Waals surface area (Å²) < 4.78 is 5.49. The van der Waals surface area contributed by atoms with Crippen molar-refractivity contribution in [2.45, 2.75) is 49.5 Å². The van der Waals surface area contributed by atoms with Crippen molar-refractivity contribution in [3.8, 4) is 0 Å². The number of fused-ring (bicyclic) bond motifs is 2. The molecule has 2 aromatic carbocycles. The molecule has 1 N–H and O–H groups in total. The SMILES string of the molecule is Cc1cccc2c1Nc1ccc(CCN3CCN(C(=O)OC(C)(C)C)CC3)cc1S2. The number of piperazine rings is 1. The Labute approximate surface area is 183 Å². The second-order valence-electron chi connectivity index (χ2n) is 9.06. The zero-order chi connectivity index (χ0) is 21.3. The van der Waals surface area contributed by atoms with Gasteiger partial charge in [0, 0.05) is 42.5 Å². The Kier molecular flexibility index (Phi) is 5.98. The molecule has 0 unspecified atom stereocenters. The van der Waals surface area contributed by atoms with E-state index in [1.54, 1.807) is 0 Å². The van der Waals surface area contributed by atoms with Gasteiger partial charge in [-0.05, 0) is 63.4 Å². The molecule has 4 rings (SSSR count). The molecule has 5 nitrogen and oxygen atoms in total. The molecule has 0 saturated carbocycles. The molecular formula is C24H31N3O2S. The standard InChI is InChI=1S/C24H31N3O2S/c1-17-6-5-7-20-22(17)25-19-9-8-18(16-21(19)30-20)10-11-26-12-14-27(15-13-26)23(28)29-24(2,3)4/h5-9,16,25H,10-15H2,1-4H3. The third kappa shape index (κ3) is 4.93. The van der Waals surface area contributed by atoms with E-state index in [0.29, 0.717) is 0 Å². The van der Waals surface area contributed by atoms with E-state index in [9.17, 15) is 4.79 Å². The summed E-state index contributed by atoms with van der Waals surface area (Å²) in [6.07, 6.45) is 0.818. The molecule has 1 amide bonds. The van der Waals surface area contributed by atoms with E-state index < -0.39 is 5.60 Å². The third-order valence-corrected chi connectivity index (χ3v) is 6.62. The zero-order valence-corrected chi connectivity index (χ0v) is 19.1. The number of ether oxygens (including phenoxy) is 1. The second-order valence-corrected chi connectivity index (χ2v) is 10.1. The Balaban J connectivity index is 1.30. The fourth-order valence-corrected chi connectivity index (χ4v) is 4.95. The highest BCUT2D eigenvalue weighted by Gasteiger charge is 2.25. The maximum absolute atomic E-state index is 12.2. The Morgan fingerprint density at radius 1 is 1.10 bits per heavy atom. The van der Waals surface area contributed by atoms with Gasteiger partial charge in [0.25, 0.3) is 0 Å². The lowest BCUT2D eigenvalue weighted by Gasteiger charge is -2.35. The van der Waals surface area contributed by atoms with E-state index in [-0.39, 0.29) is 6.09 Å². The lowest BCUT2D eigenvalue weighted by atomic mass is 10.1. The summed E-state index contributed by atoms with van der Waals surface area (Å²) in [6.45, 7) is 12.1. The highest BCUT2D eigenvalue weighted by atomic mass is 32.2. The van der Waals surface area contributed by atoms with Crippen LogP contribution in [0, 0.1) is 6.92 Å². The van der Waals surface area contributed by atoms with Crippen LogP contribution < -0.4 is 5.32 Å². The van der Waals surface area contributed by atoms with Crippen LogP contribution in [0.4, 0.5) is 16.2 Å². The number of carbonyl (C=O) groups excluding carboxylic acids is 1. The lowest BCUT2D eigenvalue weighted by Crippen LogP contribution is -2.50. The fourth-order valence-electron chi connectivity index (χ4n) is 3.82. The van der Waals surface area contributed by atoms with Gasteiger partial charge in [-0.2, -0.15) is 0 Å². The van der Waals surface area contributed by atoms with E-state index in [1.807, 2.05) is 37.4 Å².